The van der Waals surface area contributed by atoms with Crippen molar-refractivity contribution in [3.63, 3.8) is 0 Å². The molecule has 2 aliphatic heterocycles. The molecule has 1 unspecified atom stereocenters. The molecule has 1 aromatic heterocycles. The molecule has 0 N–H and O–H groups in total. The molecular weight excluding hydrogens is 381 g/mol. The van der Waals surface area contributed by atoms with Gasteiger partial charge in [-0.3, -0.25) is 9.69 Å². The van der Waals surface area contributed by atoms with Gasteiger partial charge in [-0.15, -0.1) is 6.58 Å². The first kappa shape index (κ1) is 19.4. The van der Waals surface area contributed by atoms with E-state index in [0.717, 1.165) is 0 Å². The number of carbonyl (C=O) groups is 2. The van der Waals surface area contributed by atoms with Crippen LogP contribution in [0.2, 0.25) is 0 Å². The molecule has 154 valence electrons. The lowest BCUT2D eigenvalue weighted by molar-refractivity contribution is -0.00543. The molecule has 2 fully saturated rings. The molecule has 4 rings (SSSR count). The second-order valence-electron chi connectivity index (χ2n) is 7.42. The summed E-state index contributed by atoms with van der Waals surface area (Å²) in [5, 5.41) is 4.18. The summed E-state index contributed by atoms with van der Waals surface area (Å²) in [6.07, 6.45) is 1.92. The molecular formula is C20H22FN3O5. The fourth-order valence-corrected chi connectivity index (χ4v) is 4.07. The third-order valence-corrected chi connectivity index (χ3v) is 5.18. The number of morpholine rings is 1. The second kappa shape index (κ2) is 7.47. The van der Waals surface area contributed by atoms with Crippen LogP contribution in [0.25, 0.3) is 11.0 Å². The standard InChI is InChI=1S/C20H22FN3O5/c1-4-5-14-10-27-20(26)24(14)19-15-6-13(9-25)17(16(21)18(15)29-22-19)23-7-11(2)28-12(3)8-23/h4,6,9,11-12,14H,1,5,7-8,10H2,2-3H3/t11-,12-,14?/m1/s1. The fraction of sp³-hybridized carbons (Fsp3) is 0.450. The Morgan fingerprint density at radius 3 is 2.72 bits per heavy atom. The minimum atomic E-state index is -0.683. The van der Waals surface area contributed by atoms with Crippen molar-refractivity contribution in [3.8, 4) is 0 Å². The van der Waals surface area contributed by atoms with Crippen LogP contribution in [0.15, 0.2) is 23.2 Å². The number of halogens is 1. The monoisotopic (exact) mass is 403 g/mol. The highest BCUT2D eigenvalue weighted by molar-refractivity contribution is 6.03. The Kier molecular flexibility index (Phi) is 4.99. The van der Waals surface area contributed by atoms with Crippen LogP contribution in [0.1, 0.15) is 30.6 Å². The Labute approximate surface area is 166 Å². The molecule has 2 saturated heterocycles. The molecule has 0 spiro atoms. The van der Waals surface area contributed by atoms with E-state index in [9.17, 15) is 9.59 Å². The molecule has 1 amide bonds. The summed E-state index contributed by atoms with van der Waals surface area (Å²) in [5.74, 6) is -0.552. The van der Waals surface area contributed by atoms with Crippen molar-refractivity contribution in [1.29, 1.82) is 0 Å². The van der Waals surface area contributed by atoms with Gasteiger partial charge in [0.25, 0.3) is 0 Å². The third kappa shape index (κ3) is 3.25. The largest absolute Gasteiger partial charge is 0.447 e. The van der Waals surface area contributed by atoms with Crippen molar-refractivity contribution in [2.75, 3.05) is 29.5 Å². The Hall–Kier alpha value is -2.94. The summed E-state index contributed by atoms with van der Waals surface area (Å²) in [6.45, 7) is 8.52. The summed E-state index contributed by atoms with van der Waals surface area (Å²) < 4.78 is 31.6. The van der Waals surface area contributed by atoms with Crippen molar-refractivity contribution in [1.82, 2.24) is 5.16 Å². The lowest BCUT2D eigenvalue weighted by Gasteiger charge is -2.37. The van der Waals surface area contributed by atoms with Gasteiger partial charge in [-0.25, -0.2) is 9.18 Å². The van der Waals surface area contributed by atoms with E-state index >= 15 is 4.39 Å². The zero-order valence-electron chi connectivity index (χ0n) is 16.3. The number of ether oxygens (including phenoxy) is 2. The van der Waals surface area contributed by atoms with E-state index in [0.29, 0.717) is 25.8 Å². The molecule has 2 aromatic rings. The van der Waals surface area contributed by atoms with Crippen LogP contribution in [-0.4, -0.2) is 55.5 Å². The van der Waals surface area contributed by atoms with Crippen LogP contribution in [0.5, 0.6) is 0 Å². The first-order valence-corrected chi connectivity index (χ1v) is 9.49. The van der Waals surface area contributed by atoms with Gasteiger partial charge < -0.3 is 18.9 Å². The van der Waals surface area contributed by atoms with Crippen LogP contribution < -0.4 is 9.80 Å². The quantitative estimate of drug-likeness (QED) is 0.559. The minimum absolute atomic E-state index is 0.107. The molecule has 0 aliphatic carbocycles. The first-order chi connectivity index (χ1) is 13.9. The number of carbonyl (C=O) groups excluding carboxylic acids is 2. The van der Waals surface area contributed by atoms with E-state index in [1.165, 1.54) is 11.0 Å². The van der Waals surface area contributed by atoms with E-state index in [1.807, 2.05) is 13.8 Å². The zero-order valence-corrected chi connectivity index (χ0v) is 16.3. The number of nitrogens with zero attached hydrogens (tertiary/aromatic N) is 3. The van der Waals surface area contributed by atoms with Gasteiger partial charge in [0, 0.05) is 18.7 Å². The van der Waals surface area contributed by atoms with Crippen LogP contribution in [-0.2, 0) is 9.47 Å². The number of fused-ring (bicyclic) bond motifs is 1. The number of benzene rings is 1. The normalized spacial score (nSPS) is 24.8. The SMILES string of the molecule is C=CCC1COC(=O)N1c1noc2c(F)c(N3C[C@@H](C)O[C@H](C)C3)c(C=O)cc12. The summed E-state index contributed by atoms with van der Waals surface area (Å²) in [6, 6.07) is 1.19. The van der Waals surface area contributed by atoms with Gasteiger partial charge in [0.1, 0.15) is 6.61 Å². The number of hydrogen-bond acceptors (Lipinski definition) is 7. The van der Waals surface area contributed by atoms with Gasteiger partial charge in [-0.05, 0) is 26.3 Å². The summed E-state index contributed by atoms with van der Waals surface area (Å²) in [7, 11) is 0. The van der Waals surface area contributed by atoms with Gasteiger partial charge in [0.15, 0.2) is 17.9 Å². The van der Waals surface area contributed by atoms with Crippen molar-refractivity contribution in [2.24, 2.45) is 0 Å². The summed E-state index contributed by atoms with van der Waals surface area (Å²) in [4.78, 5) is 27.2. The average Bonchev–Trinajstić information content (AvgIpc) is 3.24. The molecule has 0 saturated carbocycles. The lowest BCUT2D eigenvalue weighted by Crippen LogP contribution is -2.46. The summed E-state index contributed by atoms with van der Waals surface area (Å²) in [5.41, 5.74) is 0.210. The highest BCUT2D eigenvalue weighted by Crippen LogP contribution is 2.38. The molecule has 9 heteroatoms. The molecule has 0 radical (unpaired) electrons. The maximum Gasteiger partial charge on any atom is 0.416 e. The van der Waals surface area contributed by atoms with E-state index in [-0.39, 0.29) is 52.9 Å². The average molecular weight is 403 g/mol. The third-order valence-electron chi connectivity index (χ3n) is 5.18. The predicted octanol–water partition coefficient (Wildman–Crippen LogP) is 3.29. The van der Waals surface area contributed by atoms with Crippen molar-refractivity contribution >= 4 is 34.9 Å². The number of aldehydes is 1. The fourth-order valence-electron chi connectivity index (χ4n) is 4.07. The number of rotatable bonds is 5. The predicted molar refractivity (Wildman–Crippen MR) is 104 cm³/mol. The smallest absolute Gasteiger partial charge is 0.416 e. The topological polar surface area (TPSA) is 85.1 Å². The van der Waals surface area contributed by atoms with Crippen LogP contribution in [0.3, 0.4) is 0 Å². The molecule has 0 bridgehead atoms. The zero-order chi connectivity index (χ0) is 20.7. The maximum absolute atomic E-state index is 15.5. The lowest BCUT2D eigenvalue weighted by atomic mass is 10.1. The van der Waals surface area contributed by atoms with Gasteiger partial charge in [-0.2, -0.15) is 0 Å². The number of anilines is 2. The van der Waals surface area contributed by atoms with Gasteiger partial charge >= 0.3 is 6.09 Å². The number of hydrogen-bond donors (Lipinski definition) is 0. The highest BCUT2D eigenvalue weighted by atomic mass is 19.1. The van der Waals surface area contributed by atoms with Crippen LogP contribution in [0.4, 0.5) is 20.7 Å². The van der Waals surface area contributed by atoms with Crippen molar-refractivity contribution < 1.29 is 28.0 Å². The van der Waals surface area contributed by atoms with E-state index in [4.69, 9.17) is 14.0 Å². The summed E-state index contributed by atoms with van der Waals surface area (Å²) >= 11 is 0. The number of amides is 1. The highest BCUT2D eigenvalue weighted by Gasteiger charge is 2.38. The molecule has 29 heavy (non-hydrogen) atoms. The Balaban J connectivity index is 1.82. The van der Waals surface area contributed by atoms with Gasteiger partial charge in [0.05, 0.1) is 29.3 Å². The Morgan fingerprint density at radius 1 is 1.34 bits per heavy atom. The Morgan fingerprint density at radius 2 is 2.07 bits per heavy atom. The maximum atomic E-state index is 15.5. The van der Waals surface area contributed by atoms with E-state index in [1.54, 1.807) is 11.0 Å². The second-order valence-corrected chi connectivity index (χ2v) is 7.42. The minimum Gasteiger partial charge on any atom is -0.447 e. The Bertz CT molecular complexity index is 965. The van der Waals surface area contributed by atoms with Crippen LogP contribution in [0, 0.1) is 5.82 Å². The van der Waals surface area contributed by atoms with Crippen LogP contribution >= 0.6 is 0 Å². The number of aromatic nitrogens is 1. The van der Waals surface area contributed by atoms with Gasteiger partial charge in [-0.1, -0.05) is 11.2 Å². The van der Waals surface area contributed by atoms with Crippen molar-refractivity contribution in [2.45, 2.75) is 38.5 Å². The van der Waals surface area contributed by atoms with Gasteiger partial charge in [0.2, 0.25) is 5.58 Å². The molecule has 3 atom stereocenters. The molecule has 1 aromatic carbocycles. The van der Waals surface area contributed by atoms with Crippen molar-refractivity contribution in [3.05, 3.63) is 30.1 Å². The molecule has 2 aliphatic rings. The number of cyclic esters (lactones) is 1. The van der Waals surface area contributed by atoms with E-state index < -0.39 is 11.9 Å². The molecule has 3 heterocycles. The molecule has 8 nitrogen and oxygen atoms in total. The first-order valence-electron chi connectivity index (χ1n) is 9.49. The van der Waals surface area contributed by atoms with E-state index in [2.05, 4.69) is 11.7 Å².